The summed E-state index contributed by atoms with van der Waals surface area (Å²) in [6, 6.07) is 2.86. The Kier molecular flexibility index (Phi) is 2.38. The monoisotopic (exact) mass is 224 g/mol. The number of hydrogen-bond donors (Lipinski definition) is 0. The van der Waals surface area contributed by atoms with Gasteiger partial charge >= 0.3 is 0 Å². The van der Waals surface area contributed by atoms with Crippen LogP contribution in [-0.4, -0.2) is 10.5 Å². The van der Waals surface area contributed by atoms with E-state index in [2.05, 4.69) is 0 Å². The van der Waals surface area contributed by atoms with Crippen molar-refractivity contribution < 1.29 is 9.18 Å². The molecule has 1 aliphatic rings. The molecule has 1 aromatic rings. The molecule has 0 N–H and O–H groups in total. The van der Waals surface area contributed by atoms with Gasteiger partial charge in [0.1, 0.15) is 5.82 Å². The minimum atomic E-state index is -0.423. The first-order valence-corrected chi connectivity index (χ1v) is 5.88. The Morgan fingerprint density at radius 2 is 2.07 bits per heavy atom. The van der Waals surface area contributed by atoms with Gasteiger partial charge in [0.05, 0.1) is 4.75 Å². The minimum absolute atomic E-state index is 0.0383. The van der Waals surface area contributed by atoms with Gasteiger partial charge in [0, 0.05) is 11.3 Å². The van der Waals surface area contributed by atoms with Gasteiger partial charge in [0.25, 0.3) is 0 Å². The van der Waals surface area contributed by atoms with Crippen LogP contribution in [0.15, 0.2) is 12.1 Å². The van der Waals surface area contributed by atoms with Crippen LogP contribution in [0.4, 0.5) is 4.39 Å². The van der Waals surface area contributed by atoms with E-state index in [-0.39, 0.29) is 11.6 Å². The number of Topliss-reactive ketones (excluding diaryl/α,β-unsaturated/α-hetero) is 1. The maximum absolute atomic E-state index is 13.2. The van der Waals surface area contributed by atoms with Gasteiger partial charge in [-0.05, 0) is 44.0 Å². The smallest absolute Gasteiger partial charge is 0.178 e. The van der Waals surface area contributed by atoms with Crippen LogP contribution in [-0.2, 0) is 5.75 Å². The highest BCUT2D eigenvalue weighted by molar-refractivity contribution is 8.00. The van der Waals surface area contributed by atoms with Gasteiger partial charge in [-0.2, -0.15) is 0 Å². The molecule has 0 fully saturated rings. The molecule has 0 radical (unpaired) electrons. The Balaban J connectivity index is 2.62. The highest BCUT2D eigenvalue weighted by Crippen LogP contribution is 2.39. The van der Waals surface area contributed by atoms with Gasteiger partial charge in [-0.15, -0.1) is 11.8 Å². The zero-order chi connectivity index (χ0) is 11.2. The predicted octanol–water partition coefficient (Wildman–Crippen LogP) is 3.34. The van der Waals surface area contributed by atoms with Crippen molar-refractivity contribution in [2.45, 2.75) is 31.3 Å². The quantitative estimate of drug-likeness (QED) is 0.672. The van der Waals surface area contributed by atoms with Crippen molar-refractivity contribution in [3.05, 3.63) is 34.6 Å². The molecule has 1 aromatic carbocycles. The predicted molar refractivity (Wildman–Crippen MR) is 60.8 cm³/mol. The molecular formula is C12H13FOS. The number of carbonyl (C=O) groups excluding carboxylic acids is 1. The molecule has 0 unspecified atom stereocenters. The van der Waals surface area contributed by atoms with Gasteiger partial charge in [-0.3, -0.25) is 4.79 Å². The number of fused-ring (bicyclic) bond motifs is 1. The van der Waals surface area contributed by atoms with Gasteiger partial charge < -0.3 is 0 Å². The average Bonchev–Trinajstić information content (AvgIpc) is 2.12. The van der Waals surface area contributed by atoms with Crippen LogP contribution in [0.1, 0.15) is 35.3 Å². The molecular weight excluding hydrogens is 211 g/mol. The molecule has 2 rings (SSSR count). The number of halogens is 1. The van der Waals surface area contributed by atoms with E-state index in [4.69, 9.17) is 0 Å². The number of carbonyl (C=O) groups is 1. The summed E-state index contributed by atoms with van der Waals surface area (Å²) in [6.07, 6.45) is 0. The normalized spacial score (nSPS) is 18.8. The molecule has 0 aliphatic carbocycles. The first-order valence-electron chi connectivity index (χ1n) is 4.89. The number of thioether (sulfide) groups is 1. The Bertz CT molecular complexity index is 437. The van der Waals surface area contributed by atoms with Crippen molar-refractivity contribution in [3.8, 4) is 0 Å². The van der Waals surface area contributed by atoms with Crippen molar-refractivity contribution >= 4 is 17.5 Å². The topological polar surface area (TPSA) is 17.1 Å². The third-order valence-electron chi connectivity index (χ3n) is 2.81. The Morgan fingerprint density at radius 1 is 1.40 bits per heavy atom. The van der Waals surface area contributed by atoms with Gasteiger partial charge in [-0.25, -0.2) is 4.39 Å². The van der Waals surface area contributed by atoms with Crippen LogP contribution < -0.4 is 0 Å². The number of rotatable bonds is 0. The fraction of sp³-hybridized carbons (Fsp3) is 0.417. The van der Waals surface area contributed by atoms with Crippen LogP contribution >= 0.6 is 11.8 Å². The first-order chi connectivity index (χ1) is 6.92. The number of hydrogen-bond acceptors (Lipinski definition) is 2. The van der Waals surface area contributed by atoms with Gasteiger partial charge in [-0.1, -0.05) is 0 Å². The molecule has 0 spiro atoms. The SMILES string of the molecule is Cc1cc(F)cc2c1CSC(C)(C)C2=O. The molecule has 80 valence electrons. The molecule has 0 bridgehead atoms. The number of aryl methyl sites for hydroxylation is 1. The van der Waals surface area contributed by atoms with E-state index >= 15 is 0 Å². The van der Waals surface area contributed by atoms with Crippen LogP contribution in [0, 0.1) is 12.7 Å². The summed E-state index contributed by atoms with van der Waals surface area (Å²) >= 11 is 1.62. The third-order valence-corrected chi connectivity index (χ3v) is 4.15. The lowest BCUT2D eigenvalue weighted by atomic mass is 9.93. The molecule has 0 amide bonds. The molecule has 1 heterocycles. The maximum atomic E-state index is 13.2. The molecule has 1 aliphatic heterocycles. The zero-order valence-electron chi connectivity index (χ0n) is 9.06. The molecule has 0 atom stereocenters. The van der Waals surface area contributed by atoms with Crippen molar-refractivity contribution in [3.63, 3.8) is 0 Å². The first kappa shape index (κ1) is 10.7. The van der Waals surface area contributed by atoms with E-state index < -0.39 is 4.75 Å². The lowest BCUT2D eigenvalue weighted by Crippen LogP contribution is -2.32. The van der Waals surface area contributed by atoms with E-state index in [1.807, 2.05) is 20.8 Å². The highest BCUT2D eigenvalue weighted by atomic mass is 32.2. The minimum Gasteiger partial charge on any atom is -0.293 e. The molecule has 0 saturated carbocycles. The summed E-state index contributed by atoms with van der Waals surface area (Å²) in [5.74, 6) is 0.513. The van der Waals surface area contributed by atoms with Crippen molar-refractivity contribution in [2.24, 2.45) is 0 Å². The van der Waals surface area contributed by atoms with E-state index in [1.54, 1.807) is 11.8 Å². The summed E-state index contributed by atoms with van der Waals surface area (Å²) in [7, 11) is 0. The lowest BCUT2D eigenvalue weighted by molar-refractivity contribution is 0.0954. The molecule has 0 saturated heterocycles. The second kappa shape index (κ2) is 3.34. The molecule has 15 heavy (non-hydrogen) atoms. The summed E-state index contributed by atoms with van der Waals surface area (Å²) < 4.78 is 12.8. The Labute approximate surface area is 93.1 Å². The fourth-order valence-electron chi connectivity index (χ4n) is 1.81. The van der Waals surface area contributed by atoms with Crippen LogP contribution in [0.2, 0.25) is 0 Å². The Morgan fingerprint density at radius 3 is 2.73 bits per heavy atom. The van der Waals surface area contributed by atoms with Gasteiger partial charge in [0.2, 0.25) is 0 Å². The molecule has 3 heteroatoms. The van der Waals surface area contributed by atoms with Crippen molar-refractivity contribution in [2.75, 3.05) is 0 Å². The van der Waals surface area contributed by atoms with E-state index in [0.717, 1.165) is 16.9 Å². The summed E-state index contributed by atoms with van der Waals surface area (Å²) in [6.45, 7) is 5.64. The van der Waals surface area contributed by atoms with Crippen LogP contribution in [0.3, 0.4) is 0 Å². The van der Waals surface area contributed by atoms with Gasteiger partial charge in [0.15, 0.2) is 5.78 Å². The summed E-state index contributed by atoms with van der Waals surface area (Å²) in [5, 5.41) is 0. The summed E-state index contributed by atoms with van der Waals surface area (Å²) in [4.78, 5) is 12.1. The third kappa shape index (κ3) is 1.69. The fourth-order valence-corrected chi connectivity index (χ4v) is 2.94. The van der Waals surface area contributed by atoms with Crippen molar-refractivity contribution in [1.82, 2.24) is 0 Å². The Hall–Kier alpha value is -0.830. The molecule has 0 aromatic heterocycles. The van der Waals surface area contributed by atoms with Crippen molar-refractivity contribution in [1.29, 1.82) is 0 Å². The summed E-state index contributed by atoms with van der Waals surface area (Å²) in [5.41, 5.74) is 2.43. The largest absolute Gasteiger partial charge is 0.293 e. The maximum Gasteiger partial charge on any atom is 0.178 e. The second-order valence-electron chi connectivity index (χ2n) is 4.38. The number of ketones is 1. The molecule has 1 nitrogen and oxygen atoms in total. The van der Waals surface area contributed by atoms with E-state index in [9.17, 15) is 9.18 Å². The van der Waals surface area contributed by atoms with Crippen LogP contribution in [0.5, 0.6) is 0 Å². The number of benzene rings is 1. The lowest BCUT2D eigenvalue weighted by Gasteiger charge is -2.29. The zero-order valence-corrected chi connectivity index (χ0v) is 9.87. The standard InChI is InChI=1S/C12H13FOS/c1-7-4-8(13)5-9-10(7)6-15-12(2,3)11(9)14/h4-5H,6H2,1-3H3. The highest BCUT2D eigenvalue weighted by Gasteiger charge is 2.35. The van der Waals surface area contributed by atoms with E-state index in [1.165, 1.54) is 12.1 Å². The average molecular weight is 224 g/mol. The second-order valence-corrected chi connectivity index (χ2v) is 5.97. The van der Waals surface area contributed by atoms with E-state index in [0.29, 0.717) is 5.56 Å². The van der Waals surface area contributed by atoms with Crippen LogP contribution in [0.25, 0.3) is 0 Å².